The molecule has 0 aliphatic carbocycles. The number of carbonyl (C=O) groups is 3. The Morgan fingerprint density at radius 3 is 2.48 bits per heavy atom. The molecule has 3 rings (SSSR count). The SMILES string of the molecule is N#CCc1ccc(NC(=O)C(=O)NN=Cc2cccc(OC(=O)c3ccccc3Br)c2)cc1. The molecule has 3 aromatic rings. The molecule has 164 valence electrons. The van der Waals surface area contributed by atoms with Crippen LogP contribution < -0.4 is 15.5 Å². The first-order valence-electron chi connectivity index (χ1n) is 9.63. The summed E-state index contributed by atoms with van der Waals surface area (Å²) in [7, 11) is 0. The van der Waals surface area contributed by atoms with Crippen molar-refractivity contribution in [1.29, 1.82) is 5.26 Å². The highest BCUT2D eigenvalue weighted by Crippen LogP contribution is 2.19. The highest BCUT2D eigenvalue weighted by molar-refractivity contribution is 9.10. The van der Waals surface area contributed by atoms with E-state index in [9.17, 15) is 14.4 Å². The van der Waals surface area contributed by atoms with Crippen molar-refractivity contribution in [2.75, 3.05) is 5.32 Å². The molecule has 33 heavy (non-hydrogen) atoms. The van der Waals surface area contributed by atoms with E-state index in [1.165, 1.54) is 6.21 Å². The normalized spacial score (nSPS) is 10.3. The molecule has 0 aromatic heterocycles. The minimum absolute atomic E-state index is 0.258. The van der Waals surface area contributed by atoms with Gasteiger partial charge in [0.2, 0.25) is 0 Å². The zero-order valence-electron chi connectivity index (χ0n) is 17.1. The predicted octanol–water partition coefficient (Wildman–Crippen LogP) is 3.82. The minimum Gasteiger partial charge on any atom is -0.423 e. The van der Waals surface area contributed by atoms with Crippen LogP contribution in [-0.2, 0) is 16.0 Å². The van der Waals surface area contributed by atoms with Gasteiger partial charge < -0.3 is 10.1 Å². The number of hydrogen-bond donors (Lipinski definition) is 2. The van der Waals surface area contributed by atoms with E-state index in [2.05, 4.69) is 31.8 Å². The van der Waals surface area contributed by atoms with E-state index in [-0.39, 0.29) is 6.42 Å². The maximum Gasteiger partial charge on any atom is 0.344 e. The maximum absolute atomic E-state index is 12.3. The predicted molar refractivity (Wildman–Crippen MR) is 126 cm³/mol. The number of amides is 2. The van der Waals surface area contributed by atoms with E-state index in [0.717, 1.165) is 5.56 Å². The summed E-state index contributed by atoms with van der Waals surface area (Å²) in [4.78, 5) is 36.3. The van der Waals surface area contributed by atoms with Gasteiger partial charge in [-0.3, -0.25) is 9.59 Å². The molecule has 0 atom stereocenters. The number of nitriles is 1. The number of nitrogens with zero attached hydrogens (tertiary/aromatic N) is 2. The molecule has 0 saturated heterocycles. The molecule has 3 aromatic carbocycles. The topological polar surface area (TPSA) is 121 Å². The molecule has 0 spiro atoms. The molecule has 9 heteroatoms. The molecule has 8 nitrogen and oxygen atoms in total. The molecule has 2 N–H and O–H groups in total. The third-order valence-corrected chi connectivity index (χ3v) is 4.93. The van der Waals surface area contributed by atoms with Gasteiger partial charge in [-0.2, -0.15) is 10.4 Å². The average Bonchev–Trinajstić information content (AvgIpc) is 2.81. The molecular formula is C24H17BrN4O4. The van der Waals surface area contributed by atoms with E-state index in [0.29, 0.717) is 27.0 Å². The van der Waals surface area contributed by atoms with Crippen LogP contribution in [0.2, 0.25) is 0 Å². The molecule has 2 amide bonds. The van der Waals surface area contributed by atoms with Gasteiger partial charge in [0.15, 0.2) is 0 Å². The van der Waals surface area contributed by atoms with E-state index in [1.54, 1.807) is 72.8 Å². The first kappa shape index (κ1) is 23.4. The van der Waals surface area contributed by atoms with E-state index in [4.69, 9.17) is 10.00 Å². The Balaban J connectivity index is 1.55. The second-order valence-electron chi connectivity index (χ2n) is 6.63. The number of esters is 1. The second-order valence-corrected chi connectivity index (χ2v) is 7.48. The van der Waals surface area contributed by atoms with Gasteiger partial charge in [0.05, 0.1) is 24.3 Å². The van der Waals surface area contributed by atoms with E-state index >= 15 is 0 Å². The second kappa shape index (κ2) is 11.4. The van der Waals surface area contributed by atoms with Crippen LogP contribution in [0.25, 0.3) is 0 Å². The number of rotatable bonds is 6. The van der Waals surface area contributed by atoms with Crippen molar-refractivity contribution in [3.63, 3.8) is 0 Å². The van der Waals surface area contributed by atoms with Crippen molar-refractivity contribution < 1.29 is 19.1 Å². The first-order chi connectivity index (χ1) is 16.0. The molecule has 0 heterocycles. The van der Waals surface area contributed by atoms with Crippen molar-refractivity contribution in [3.8, 4) is 11.8 Å². The van der Waals surface area contributed by atoms with Crippen LogP contribution in [0.15, 0.2) is 82.4 Å². The Morgan fingerprint density at radius 2 is 1.76 bits per heavy atom. The Labute approximate surface area is 198 Å². The summed E-state index contributed by atoms with van der Waals surface area (Å²) in [6.07, 6.45) is 1.57. The van der Waals surface area contributed by atoms with Crippen LogP contribution in [0.5, 0.6) is 5.75 Å². The zero-order valence-corrected chi connectivity index (χ0v) is 18.7. The third kappa shape index (κ3) is 6.85. The lowest BCUT2D eigenvalue weighted by Gasteiger charge is -2.06. The summed E-state index contributed by atoms with van der Waals surface area (Å²) in [5.74, 6) is -2.08. The number of halogens is 1. The lowest BCUT2D eigenvalue weighted by molar-refractivity contribution is -0.136. The van der Waals surface area contributed by atoms with Crippen molar-refractivity contribution in [2.24, 2.45) is 5.10 Å². The average molecular weight is 505 g/mol. The Morgan fingerprint density at radius 1 is 1.00 bits per heavy atom. The largest absolute Gasteiger partial charge is 0.423 e. The van der Waals surface area contributed by atoms with Crippen LogP contribution in [0.4, 0.5) is 5.69 Å². The molecule has 0 fully saturated rings. The lowest BCUT2D eigenvalue weighted by atomic mass is 10.1. The molecule has 0 radical (unpaired) electrons. The minimum atomic E-state index is -0.955. The zero-order chi connectivity index (χ0) is 23.6. The molecular weight excluding hydrogens is 488 g/mol. The van der Waals surface area contributed by atoms with Gasteiger partial charge in [0.1, 0.15) is 5.75 Å². The fourth-order valence-electron chi connectivity index (χ4n) is 2.65. The molecule has 0 bridgehead atoms. The highest BCUT2D eigenvalue weighted by atomic mass is 79.9. The molecule has 0 aliphatic rings. The third-order valence-electron chi connectivity index (χ3n) is 4.24. The summed E-state index contributed by atoms with van der Waals surface area (Å²) in [6, 6.07) is 22.0. The van der Waals surface area contributed by atoms with Crippen LogP contribution in [0, 0.1) is 11.3 Å². The van der Waals surface area contributed by atoms with Gasteiger partial charge in [-0.05, 0) is 63.5 Å². The van der Waals surface area contributed by atoms with Crippen molar-refractivity contribution in [3.05, 3.63) is 94.0 Å². The van der Waals surface area contributed by atoms with Crippen LogP contribution in [0.1, 0.15) is 21.5 Å². The van der Waals surface area contributed by atoms with Gasteiger partial charge in [-0.15, -0.1) is 0 Å². The molecule has 0 unspecified atom stereocenters. The Hall–Kier alpha value is -4.29. The quantitative estimate of drug-likeness (QED) is 0.174. The Bertz CT molecular complexity index is 1250. The number of carbonyl (C=O) groups excluding carboxylic acids is 3. The number of anilines is 1. The smallest absolute Gasteiger partial charge is 0.344 e. The van der Waals surface area contributed by atoms with Crippen LogP contribution >= 0.6 is 15.9 Å². The first-order valence-corrected chi connectivity index (χ1v) is 10.4. The van der Waals surface area contributed by atoms with Gasteiger partial charge in [-0.1, -0.05) is 36.4 Å². The number of nitrogens with one attached hydrogen (secondary N) is 2. The fourth-order valence-corrected chi connectivity index (χ4v) is 3.10. The van der Waals surface area contributed by atoms with Gasteiger partial charge in [0.25, 0.3) is 0 Å². The van der Waals surface area contributed by atoms with Gasteiger partial charge in [0, 0.05) is 10.2 Å². The van der Waals surface area contributed by atoms with Gasteiger partial charge in [-0.25, -0.2) is 10.2 Å². The van der Waals surface area contributed by atoms with Gasteiger partial charge >= 0.3 is 17.8 Å². The maximum atomic E-state index is 12.3. The summed E-state index contributed by atoms with van der Waals surface area (Å²) >= 11 is 3.31. The van der Waals surface area contributed by atoms with E-state index in [1.807, 2.05) is 6.07 Å². The summed E-state index contributed by atoms with van der Waals surface area (Å²) < 4.78 is 6.00. The summed E-state index contributed by atoms with van der Waals surface area (Å²) in [6.45, 7) is 0. The van der Waals surface area contributed by atoms with E-state index < -0.39 is 17.8 Å². The van der Waals surface area contributed by atoms with Crippen molar-refractivity contribution in [2.45, 2.75) is 6.42 Å². The number of hydrogen-bond acceptors (Lipinski definition) is 6. The monoisotopic (exact) mass is 504 g/mol. The van der Waals surface area contributed by atoms with Crippen molar-refractivity contribution >= 4 is 45.6 Å². The summed E-state index contributed by atoms with van der Waals surface area (Å²) in [5.41, 5.74) is 4.28. The lowest BCUT2D eigenvalue weighted by Crippen LogP contribution is -2.32. The highest BCUT2D eigenvalue weighted by Gasteiger charge is 2.13. The van der Waals surface area contributed by atoms with Crippen molar-refractivity contribution in [1.82, 2.24) is 5.43 Å². The number of ether oxygens (including phenoxy) is 1. The van der Waals surface area contributed by atoms with Crippen LogP contribution in [-0.4, -0.2) is 24.0 Å². The van der Waals surface area contributed by atoms with Crippen LogP contribution in [0.3, 0.4) is 0 Å². The fraction of sp³-hybridized carbons (Fsp3) is 0.0417. The standard InChI is InChI=1S/C24H17BrN4O4/c25-21-7-2-1-6-20(21)24(32)33-19-5-3-4-17(14-19)15-27-29-23(31)22(30)28-18-10-8-16(9-11-18)12-13-26/h1-11,14-15H,12H2,(H,28,30)(H,29,31). The molecule has 0 aliphatic heterocycles. The number of hydrazone groups is 1. The summed E-state index contributed by atoms with van der Waals surface area (Å²) in [5, 5.41) is 14.9. The Kier molecular flexibility index (Phi) is 8.05. The number of benzene rings is 3. The molecule has 0 saturated carbocycles.